The summed E-state index contributed by atoms with van der Waals surface area (Å²) >= 11 is 0. The van der Waals surface area contributed by atoms with Gasteiger partial charge in [0.05, 0.1) is 6.07 Å². The molecule has 2 N–H and O–H groups in total. The van der Waals surface area contributed by atoms with Crippen molar-refractivity contribution in [3.8, 4) is 6.07 Å². The van der Waals surface area contributed by atoms with E-state index in [1.807, 2.05) is 20.8 Å². The second kappa shape index (κ2) is 5.27. The predicted octanol–water partition coefficient (Wildman–Crippen LogP) is 1.84. The van der Waals surface area contributed by atoms with Crippen LogP contribution in [0.15, 0.2) is 0 Å². The fourth-order valence-corrected chi connectivity index (χ4v) is 2.60. The van der Waals surface area contributed by atoms with E-state index in [0.29, 0.717) is 25.2 Å². The second-order valence-electron chi connectivity index (χ2n) is 6.61. The number of carbonyl (C=O) groups excluding carboxylic acids is 1. The molecule has 0 aromatic carbocycles. The van der Waals surface area contributed by atoms with E-state index in [1.165, 1.54) is 0 Å². The Labute approximate surface area is 109 Å². The van der Waals surface area contributed by atoms with Crippen LogP contribution in [0.2, 0.25) is 0 Å². The summed E-state index contributed by atoms with van der Waals surface area (Å²) in [4.78, 5) is 12.2. The average Bonchev–Trinajstić information content (AvgIpc) is 2.22. The van der Waals surface area contributed by atoms with Gasteiger partial charge in [-0.3, -0.25) is 4.79 Å². The van der Waals surface area contributed by atoms with Crippen LogP contribution >= 0.6 is 0 Å². The molecule has 0 aliphatic heterocycles. The summed E-state index contributed by atoms with van der Waals surface area (Å²) in [6, 6.07) is 2.07. The number of nitrogens with zero attached hydrogens (tertiary/aromatic N) is 1. The molecule has 0 saturated heterocycles. The zero-order chi connectivity index (χ0) is 14.0. The van der Waals surface area contributed by atoms with Crippen LogP contribution in [0.25, 0.3) is 0 Å². The maximum absolute atomic E-state index is 12.2. The van der Waals surface area contributed by atoms with Crippen molar-refractivity contribution in [2.24, 2.45) is 16.7 Å². The fraction of sp³-hybridized carbons (Fsp3) is 0.857. The number of amides is 1. The van der Waals surface area contributed by atoms with E-state index in [9.17, 15) is 10.1 Å². The number of carbonyl (C=O) groups is 1. The van der Waals surface area contributed by atoms with Crippen LogP contribution in [-0.2, 0) is 4.79 Å². The van der Waals surface area contributed by atoms with Gasteiger partial charge in [0.2, 0.25) is 5.91 Å². The van der Waals surface area contributed by atoms with E-state index in [2.05, 4.69) is 18.3 Å². The Morgan fingerprint density at radius 3 is 2.44 bits per heavy atom. The predicted molar refractivity (Wildman–Crippen MR) is 69.5 cm³/mol. The lowest BCUT2D eigenvalue weighted by Gasteiger charge is -2.41. The standard InChI is InChI=1S/C14H24N2O2/c1-10-7-14(8-10,9-15)12(18)16-11(5-6-17)13(2,3)4/h10-11,17H,5-8H2,1-4H3,(H,16,18). The first-order valence-corrected chi connectivity index (χ1v) is 6.58. The summed E-state index contributed by atoms with van der Waals surface area (Å²) in [5, 5.41) is 21.2. The molecular weight excluding hydrogens is 228 g/mol. The lowest BCUT2D eigenvalue weighted by atomic mass is 9.63. The molecule has 102 valence electrons. The van der Waals surface area contributed by atoms with Crippen LogP contribution in [0.5, 0.6) is 0 Å². The third-order valence-corrected chi connectivity index (χ3v) is 3.81. The highest BCUT2D eigenvalue weighted by atomic mass is 16.3. The Hall–Kier alpha value is -1.08. The van der Waals surface area contributed by atoms with Gasteiger partial charge in [0.1, 0.15) is 5.41 Å². The van der Waals surface area contributed by atoms with Crippen LogP contribution in [-0.4, -0.2) is 23.7 Å². The minimum absolute atomic E-state index is 0.0399. The van der Waals surface area contributed by atoms with E-state index >= 15 is 0 Å². The van der Waals surface area contributed by atoms with Gasteiger partial charge in [-0.1, -0.05) is 27.7 Å². The average molecular weight is 252 g/mol. The maximum atomic E-state index is 12.2. The topological polar surface area (TPSA) is 73.1 Å². The highest BCUT2D eigenvalue weighted by Gasteiger charge is 2.49. The molecule has 1 amide bonds. The van der Waals surface area contributed by atoms with Crippen molar-refractivity contribution in [1.82, 2.24) is 5.32 Å². The van der Waals surface area contributed by atoms with Crippen molar-refractivity contribution in [3.63, 3.8) is 0 Å². The Morgan fingerprint density at radius 2 is 2.11 bits per heavy atom. The lowest BCUT2D eigenvalue weighted by Crippen LogP contribution is -2.54. The summed E-state index contributed by atoms with van der Waals surface area (Å²) in [5.41, 5.74) is -0.956. The minimum Gasteiger partial charge on any atom is -0.396 e. The van der Waals surface area contributed by atoms with Crippen LogP contribution in [0.3, 0.4) is 0 Å². The molecule has 1 aliphatic rings. The summed E-state index contributed by atoms with van der Waals surface area (Å²) in [6.45, 7) is 8.16. The molecule has 0 aromatic rings. The molecule has 18 heavy (non-hydrogen) atoms. The Morgan fingerprint density at radius 1 is 1.56 bits per heavy atom. The molecule has 1 saturated carbocycles. The van der Waals surface area contributed by atoms with Crippen LogP contribution in [0.4, 0.5) is 0 Å². The van der Waals surface area contributed by atoms with E-state index in [-0.39, 0.29) is 24.0 Å². The number of aliphatic hydroxyl groups is 1. The monoisotopic (exact) mass is 252 g/mol. The lowest BCUT2D eigenvalue weighted by molar-refractivity contribution is -0.135. The van der Waals surface area contributed by atoms with Gasteiger partial charge in [0.15, 0.2) is 0 Å². The van der Waals surface area contributed by atoms with Crippen LogP contribution in [0.1, 0.15) is 47.0 Å². The van der Waals surface area contributed by atoms with Gasteiger partial charge in [0.25, 0.3) is 0 Å². The summed E-state index contributed by atoms with van der Waals surface area (Å²) in [6.07, 6.45) is 1.81. The van der Waals surface area contributed by atoms with Crippen molar-refractivity contribution in [2.45, 2.75) is 53.0 Å². The third kappa shape index (κ3) is 3.02. The summed E-state index contributed by atoms with van der Waals surface area (Å²) in [7, 11) is 0. The Bertz CT molecular complexity index is 346. The number of aliphatic hydroxyl groups excluding tert-OH is 1. The van der Waals surface area contributed by atoms with Crippen molar-refractivity contribution < 1.29 is 9.90 Å². The molecule has 0 bridgehead atoms. The van der Waals surface area contributed by atoms with Crippen molar-refractivity contribution in [1.29, 1.82) is 5.26 Å². The van der Waals surface area contributed by atoms with Gasteiger partial charge in [-0.15, -0.1) is 0 Å². The highest BCUT2D eigenvalue weighted by molar-refractivity contribution is 5.86. The molecule has 0 aromatic heterocycles. The molecule has 0 radical (unpaired) electrons. The zero-order valence-corrected chi connectivity index (χ0v) is 11.8. The SMILES string of the molecule is CC1CC(C#N)(C(=O)NC(CCO)C(C)(C)C)C1. The molecule has 1 aliphatic carbocycles. The van der Waals surface area contributed by atoms with Crippen LogP contribution < -0.4 is 5.32 Å². The molecule has 0 heterocycles. The molecule has 0 spiro atoms. The molecule has 1 unspecified atom stereocenters. The minimum atomic E-state index is -0.835. The summed E-state index contributed by atoms with van der Waals surface area (Å²) < 4.78 is 0. The normalized spacial score (nSPS) is 29.0. The molecule has 1 rings (SSSR count). The molecule has 1 atom stereocenters. The fourth-order valence-electron chi connectivity index (χ4n) is 2.60. The largest absolute Gasteiger partial charge is 0.396 e. The van der Waals surface area contributed by atoms with Crippen LogP contribution in [0, 0.1) is 28.1 Å². The first-order valence-electron chi connectivity index (χ1n) is 6.58. The van der Waals surface area contributed by atoms with E-state index in [1.54, 1.807) is 0 Å². The number of hydrogen-bond donors (Lipinski definition) is 2. The maximum Gasteiger partial charge on any atom is 0.240 e. The number of nitrogens with one attached hydrogen (secondary N) is 1. The number of rotatable bonds is 4. The van der Waals surface area contributed by atoms with Gasteiger partial charge >= 0.3 is 0 Å². The van der Waals surface area contributed by atoms with Crippen molar-refractivity contribution in [3.05, 3.63) is 0 Å². The molecule has 4 nitrogen and oxygen atoms in total. The van der Waals surface area contributed by atoms with Gasteiger partial charge < -0.3 is 10.4 Å². The highest BCUT2D eigenvalue weighted by Crippen LogP contribution is 2.45. The third-order valence-electron chi connectivity index (χ3n) is 3.81. The van der Waals surface area contributed by atoms with Gasteiger partial charge in [-0.2, -0.15) is 5.26 Å². The van der Waals surface area contributed by atoms with Crippen molar-refractivity contribution in [2.75, 3.05) is 6.61 Å². The van der Waals surface area contributed by atoms with E-state index in [0.717, 1.165) is 0 Å². The zero-order valence-electron chi connectivity index (χ0n) is 11.8. The van der Waals surface area contributed by atoms with Gasteiger partial charge in [-0.05, 0) is 30.6 Å². The first kappa shape index (κ1) is 15.0. The number of nitriles is 1. The van der Waals surface area contributed by atoms with Gasteiger partial charge in [-0.25, -0.2) is 0 Å². The smallest absolute Gasteiger partial charge is 0.240 e. The Balaban J connectivity index is 2.71. The molecule has 1 fully saturated rings. The molecule has 4 heteroatoms. The van der Waals surface area contributed by atoms with E-state index in [4.69, 9.17) is 5.11 Å². The second-order valence-corrected chi connectivity index (χ2v) is 6.61. The van der Waals surface area contributed by atoms with Crippen molar-refractivity contribution >= 4 is 5.91 Å². The summed E-state index contributed by atoms with van der Waals surface area (Å²) in [5.74, 6) is 0.276. The van der Waals surface area contributed by atoms with Gasteiger partial charge in [0, 0.05) is 12.6 Å². The first-order chi connectivity index (χ1) is 8.25. The molecular formula is C14H24N2O2. The Kier molecular flexibility index (Phi) is 4.39. The number of hydrogen-bond acceptors (Lipinski definition) is 3. The van der Waals surface area contributed by atoms with E-state index < -0.39 is 5.41 Å². The quantitative estimate of drug-likeness (QED) is 0.801.